The van der Waals surface area contributed by atoms with E-state index < -0.39 is 0 Å². The highest BCUT2D eigenvalue weighted by Gasteiger charge is 2.25. The molecule has 4 heteroatoms. The fraction of sp³-hybridized carbons (Fsp3) is 0.500. The van der Waals surface area contributed by atoms with E-state index in [1.807, 2.05) is 12.1 Å². The van der Waals surface area contributed by atoms with Crippen LogP contribution in [0.15, 0.2) is 18.3 Å². The molecule has 1 aromatic heterocycles. The molecule has 78 valence electrons. The number of nitrogens with two attached hydrogens (primary N) is 1. The number of hydrogen-bond acceptors (Lipinski definition) is 2. The van der Waals surface area contributed by atoms with Crippen molar-refractivity contribution in [2.75, 3.05) is 0 Å². The highest BCUT2D eigenvalue weighted by Crippen LogP contribution is 2.37. The molecule has 0 unspecified atom stereocenters. The summed E-state index contributed by atoms with van der Waals surface area (Å²) in [6.07, 6.45) is 5.39. The molecular formula is C10H14Cl2N2. The summed E-state index contributed by atoms with van der Waals surface area (Å²) in [5.74, 6) is 0.825. The van der Waals surface area contributed by atoms with Crippen LogP contribution in [0.2, 0.25) is 5.15 Å². The topological polar surface area (TPSA) is 38.9 Å². The molecule has 1 atom stereocenters. The number of halogens is 2. The van der Waals surface area contributed by atoms with Crippen LogP contribution >= 0.6 is 24.0 Å². The summed E-state index contributed by atoms with van der Waals surface area (Å²) in [5.41, 5.74) is 6.99. The lowest BCUT2D eigenvalue weighted by molar-refractivity contribution is 0.595. The molecule has 0 bridgehead atoms. The number of nitrogens with zero attached hydrogens (tertiary/aromatic N) is 1. The van der Waals surface area contributed by atoms with Crippen LogP contribution in [0.4, 0.5) is 0 Å². The summed E-state index contributed by atoms with van der Waals surface area (Å²) in [6.45, 7) is 0. The van der Waals surface area contributed by atoms with Crippen molar-refractivity contribution in [2.45, 2.75) is 25.3 Å². The molecule has 2 N–H and O–H groups in total. The lowest BCUT2D eigenvalue weighted by Crippen LogP contribution is -2.11. The van der Waals surface area contributed by atoms with Crippen LogP contribution in [-0.4, -0.2) is 4.98 Å². The van der Waals surface area contributed by atoms with Gasteiger partial charge in [0.05, 0.1) is 0 Å². The SMILES string of the molecule is Cl.N[C@H](CC1CC1)c1cccnc1Cl. The molecule has 1 aromatic rings. The predicted molar refractivity (Wildman–Crippen MR) is 60.8 cm³/mol. The highest BCUT2D eigenvalue weighted by atomic mass is 35.5. The second-order valence-electron chi connectivity index (χ2n) is 3.67. The third-order valence-electron chi connectivity index (χ3n) is 2.47. The molecule has 2 rings (SSSR count). The van der Waals surface area contributed by atoms with Gasteiger partial charge in [0, 0.05) is 17.8 Å². The zero-order valence-corrected chi connectivity index (χ0v) is 9.39. The quantitative estimate of drug-likeness (QED) is 0.815. The first-order valence-electron chi connectivity index (χ1n) is 4.63. The third kappa shape index (κ3) is 2.84. The molecule has 1 aliphatic rings. The highest BCUT2D eigenvalue weighted by molar-refractivity contribution is 6.30. The Balaban J connectivity index is 0.000000980. The molecule has 1 heterocycles. The Hall–Kier alpha value is -0.310. The normalized spacial score (nSPS) is 17.3. The van der Waals surface area contributed by atoms with Crippen LogP contribution in [0.3, 0.4) is 0 Å². The first-order valence-corrected chi connectivity index (χ1v) is 5.01. The van der Waals surface area contributed by atoms with Gasteiger partial charge in [-0.25, -0.2) is 4.98 Å². The van der Waals surface area contributed by atoms with Crippen LogP contribution in [-0.2, 0) is 0 Å². The van der Waals surface area contributed by atoms with E-state index in [-0.39, 0.29) is 18.4 Å². The Labute approximate surface area is 95.3 Å². The van der Waals surface area contributed by atoms with Gasteiger partial charge < -0.3 is 5.73 Å². The fourth-order valence-corrected chi connectivity index (χ4v) is 1.77. The van der Waals surface area contributed by atoms with Crippen molar-refractivity contribution in [1.29, 1.82) is 0 Å². The maximum absolute atomic E-state index is 6.01. The number of pyridine rings is 1. The predicted octanol–water partition coefficient (Wildman–Crippen LogP) is 2.96. The van der Waals surface area contributed by atoms with E-state index in [2.05, 4.69) is 4.98 Å². The smallest absolute Gasteiger partial charge is 0.133 e. The number of rotatable bonds is 3. The van der Waals surface area contributed by atoms with Crippen molar-refractivity contribution in [3.05, 3.63) is 29.0 Å². The lowest BCUT2D eigenvalue weighted by atomic mass is 10.0. The van der Waals surface area contributed by atoms with E-state index in [1.165, 1.54) is 12.8 Å². The van der Waals surface area contributed by atoms with Gasteiger partial charge in [0.15, 0.2) is 0 Å². The molecule has 0 aliphatic heterocycles. The van der Waals surface area contributed by atoms with Crippen LogP contribution in [0, 0.1) is 5.92 Å². The minimum atomic E-state index is 0. The van der Waals surface area contributed by atoms with E-state index in [0.29, 0.717) is 5.15 Å². The summed E-state index contributed by atoms with van der Waals surface area (Å²) in [6, 6.07) is 3.91. The van der Waals surface area contributed by atoms with Crippen molar-refractivity contribution in [3.8, 4) is 0 Å². The summed E-state index contributed by atoms with van der Waals surface area (Å²) < 4.78 is 0. The van der Waals surface area contributed by atoms with Crippen molar-refractivity contribution in [2.24, 2.45) is 11.7 Å². The summed E-state index contributed by atoms with van der Waals surface area (Å²) in [4.78, 5) is 4.01. The van der Waals surface area contributed by atoms with Gasteiger partial charge in [-0.15, -0.1) is 12.4 Å². The van der Waals surface area contributed by atoms with Crippen molar-refractivity contribution in [3.63, 3.8) is 0 Å². The van der Waals surface area contributed by atoms with E-state index >= 15 is 0 Å². The van der Waals surface area contributed by atoms with Gasteiger partial charge in [-0.1, -0.05) is 30.5 Å². The first kappa shape index (κ1) is 11.8. The number of aromatic nitrogens is 1. The van der Waals surface area contributed by atoms with E-state index in [9.17, 15) is 0 Å². The van der Waals surface area contributed by atoms with E-state index in [0.717, 1.165) is 17.9 Å². The number of hydrogen-bond donors (Lipinski definition) is 1. The molecule has 0 radical (unpaired) electrons. The van der Waals surface area contributed by atoms with E-state index in [1.54, 1.807) is 6.20 Å². The lowest BCUT2D eigenvalue weighted by Gasteiger charge is -2.11. The monoisotopic (exact) mass is 232 g/mol. The second-order valence-corrected chi connectivity index (χ2v) is 4.03. The Morgan fingerprint density at radius 1 is 1.57 bits per heavy atom. The summed E-state index contributed by atoms with van der Waals surface area (Å²) in [7, 11) is 0. The van der Waals surface area contributed by atoms with Gasteiger partial charge in [0.25, 0.3) is 0 Å². The van der Waals surface area contributed by atoms with Crippen LogP contribution in [0.5, 0.6) is 0 Å². The maximum Gasteiger partial charge on any atom is 0.133 e. The summed E-state index contributed by atoms with van der Waals surface area (Å²) in [5, 5.41) is 0.552. The Morgan fingerprint density at radius 2 is 2.29 bits per heavy atom. The fourth-order valence-electron chi connectivity index (χ4n) is 1.51. The minimum absolute atomic E-state index is 0. The van der Waals surface area contributed by atoms with E-state index in [4.69, 9.17) is 17.3 Å². The summed E-state index contributed by atoms with van der Waals surface area (Å²) >= 11 is 5.93. The first-order chi connectivity index (χ1) is 6.27. The van der Waals surface area contributed by atoms with Crippen molar-refractivity contribution >= 4 is 24.0 Å². The largest absolute Gasteiger partial charge is 0.324 e. The molecule has 14 heavy (non-hydrogen) atoms. The molecule has 0 saturated heterocycles. The Morgan fingerprint density at radius 3 is 2.86 bits per heavy atom. The van der Waals surface area contributed by atoms with Gasteiger partial charge in [0.2, 0.25) is 0 Å². The van der Waals surface area contributed by atoms with Crippen LogP contribution < -0.4 is 5.73 Å². The molecule has 1 aliphatic carbocycles. The standard InChI is InChI=1S/C10H13ClN2.ClH/c11-10-8(2-1-5-13-10)9(12)6-7-3-4-7;/h1-2,5,7,9H,3-4,6,12H2;1H/t9-;/m1./s1. The molecule has 1 saturated carbocycles. The zero-order valence-electron chi connectivity index (χ0n) is 7.82. The molecular weight excluding hydrogens is 219 g/mol. The molecule has 2 nitrogen and oxygen atoms in total. The van der Waals surface area contributed by atoms with Crippen molar-refractivity contribution in [1.82, 2.24) is 4.98 Å². The van der Waals surface area contributed by atoms with Gasteiger partial charge >= 0.3 is 0 Å². The van der Waals surface area contributed by atoms with Gasteiger partial charge in [-0.3, -0.25) is 0 Å². The van der Waals surface area contributed by atoms with Gasteiger partial charge in [0.1, 0.15) is 5.15 Å². The van der Waals surface area contributed by atoms with Crippen molar-refractivity contribution < 1.29 is 0 Å². The average Bonchev–Trinajstić information content (AvgIpc) is 2.89. The molecule has 0 amide bonds. The molecule has 1 fully saturated rings. The second kappa shape index (κ2) is 4.96. The third-order valence-corrected chi connectivity index (χ3v) is 2.79. The molecule has 0 spiro atoms. The van der Waals surface area contributed by atoms with Crippen LogP contribution in [0.1, 0.15) is 30.9 Å². The van der Waals surface area contributed by atoms with Crippen LogP contribution in [0.25, 0.3) is 0 Å². The minimum Gasteiger partial charge on any atom is -0.324 e. The van der Waals surface area contributed by atoms with Gasteiger partial charge in [-0.05, 0) is 18.4 Å². The Kier molecular flexibility index (Phi) is 4.17. The molecule has 0 aromatic carbocycles. The maximum atomic E-state index is 6.01. The zero-order chi connectivity index (χ0) is 9.26. The average molecular weight is 233 g/mol. The Bertz CT molecular complexity index is 300. The van der Waals surface area contributed by atoms with Gasteiger partial charge in [-0.2, -0.15) is 0 Å².